The Morgan fingerprint density at radius 2 is 0.759 bits per heavy atom. The molecule has 1 unspecified atom stereocenters. The zero-order chi connectivity index (χ0) is 42.1. The van der Waals surface area contributed by atoms with E-state index >= 15 is 0 Å². The lowest BCUT2D eigenvalue weighted by molar-refractivity contribution is -0.163. The average Bonchev–Trinajstić information content (AvgIpc) is 3.22. The van der Waals surface area contributed by atoms with Crippen LogP contribution in [0.3, 0.4) is 0 Å². The van der Waals surface area contributed by atoms with Crippen LogP contribution in [0.1, 0.15) is 265 Å². The van der Waals surface area contributed by atoms with Crippen LogP contribution in [0.2, 0.25) is 0 Å². The van der Waals surface area contributed by atoms with Crippen LogP contribution in [-0.2, 0) is 23.8 Å². The van der Waals surface area contributed by atoms with Crippen molar-refractivity contribution in [3.05, 3.63) is 36.5 Å². The van der Waals surface area contributed by atoms with Crippen molar-refractivity contribution in [2.45, 2.75) is 271 Å². The number of hydrogen-bond donors (Lipinski definition) is 0. The van der Waals surface area contributed by atoms with Crippen molar-refractivity contribution in [2.75, 3.05) is 19.8 Å². The summed E-state index contributed by atoms with van der Waals surface area (Å²) in [7, 11) is 0. The molecule has 0 aromatic rings. The van der Waals surface area contributed by atoms with Gasteiger partial charge < -0.3 is 14.2 Å². The van der Waals surface area contributed by atoms with Gasteiger partial charge in [0.15, 0.2) is 6.10 Å². The molecule has 0 radical (unpaired) electrons. The molecular formula is C53H98O5. The SMILES string of the molecule is CCC/C=C\C/C=C\CCCCCCCCOCC(COC(=O)CCCCCCC/C=C\CCCCCCCC)OC(=O)CCCCCCCCCCCCCCC. The van der Waals surface area contributed by atoms with Crippen LogP contribution in [-0.4, -0.2) is 37.9 Å². The van der Waals surface area contributed by atoms with Gasteiger partial charge >= 0.3 is 11.9 Å². The molecule has 0 fully saturated rings. The summed E-state index contributed by atoms with van der Waals surface area (Å²) in [5.41, 5.74) is 0. The third-order valence-electron chi connectivity index (χ3n) is 11.1. The molecule has 0 rings (SSSR count). The van der Waals surface area contributed by atoms with Crippen molar-refractivity contribution in [3.8, 4) is 0 Å². The van der Waals surface area contributed by atoms with Crippen molar-refractivity contribution in [3.63, 3.8) is 0 Å². The summed E-state index contributed by atoms with van der Waals surface area (Å²) in [4.78, 5) is 25.4. The fourth-order valence-electron chi connectivity index (χ4n) is 7.31. The van der Waals surface area contributed by atoms with E-state index < -0.39 is 6.10 Å². The fourth-order valence-corrected chi connectivity index (χ4v) is 7.31. The number of ether oxygens (including phenoxy) is 3. The molecule has 5 heteroatoms. The number of esters is 2. The van der Waals surface area contributed by atoms with Gasteiger partial charge in [-0.25, -0.2) is 0 Å². The first-order chi connectivity index (χ1) is 28.6. The molecule has 0 N–H and O–H groups in total. The highest BCUT2D eigenvalue weighted by atomic mass is 16.6. The molecule has 58 heavy (non-hydrogen) atoms. The summed E-state index contributed by atoms with van der Waals surface area (Å²) in [6, 6.07) is 0. The smallest absolute Gasteiger partial charge is 0.306 e. The second kappa shape index (κ2) is 49.5. The molecule has 0 saturated carbocycles. The topological polar surface area (TPSA) is 61.8 Å². The van der Waals surface area contributed by atoms with Gasteiger partial charge in [0.2, 0.25) is 0 Å². The predicted octanol–water partition coefficient (Wildman–Crippen LogP) is 17.0. The molecule has 0 aliphatic carbocycles. The molecular weight excluding hydrogens is 717 g/mol. The van der Waals surface area contributed by atoms with E-state index in [2.05, 4.69) is 57.2 Å². The number of hydrogen-bond acceptors (Lipinski definition) is 5. The lowest BCUT2D eigenvalue weighted by atomic mass is 10.0. The van der Waals surface area contributed by atoms with Crippen molar-refractivity contribution in [1.82, 2.24) is 0 Å². The quantitative estimate of drug-likeness (QED) is 0.0348. The van der Waals surface area contributed by atoms with Crippen LogP contribution in [0.5, 0.6) is 0 Å². The molecule has 340 valence electrons. The molecule has 0 aromatic carbocycles. The van der Waals surface area contributed by atoms with Gasteiger partial charge in [0, 0.05) is 19.4 Å². The molecule has 5 nitrogen and oxygen atoms in total. The Bertz CT molecular complexity index is 924. The molecule has 0 aliphatic rings. The lowest BCUT2D eigenvalue weighted by Gasteiger charge is -2.18. The third-order valence-corrected chi connectivity index (χ3v) is 11.1. The molecule has 0 heterocycles. The van der Waals surface area contributed by atoms with Gasteiger partial charge in [-0.2, -0.15) is 0 Å². The summed E-state index contributed by atoms with van der Waals surface area (Å²) in [5.74, 6) is -0.401. The Morgan fingerprint density at radius 1 is 0.379 bits per heavy atom. The largest absolute Gasteiger partial charge is 0.462 e. The first-order valence-electron chi connectivity index (χ1n) is 25.5. The first kappa shape index (κ1) is 56.1. The monoisotopic (exact) mass is 815 g/mol. The number of carbonyl (C=O) groups excluding carboxylic acids is 2. The molecule has 0 saturated heterocycles. The number of allylic oxidation sites excluding steroid dienone is 6. The van der Waals surface area contributed by atoms with E-state index in [0.717, 1.165) is 57.8 Å². The summed E-state index contributed by atoms with van der Waals surface area (Å²) in [5, 5.41) is 0. The average molecular weight is 815 g/mol. The van der Waals surface area contributed by atoms with Gasteiger partial charge in [-0.15, -0.1) is 0 Å². The zero-order valence-corrected chi connectivity index (χ0v) is 39.1. The highest BCUT2D eigenvalue weighted by Crippen LogP contribution is 2.15. The van der Waals surface area contributed by atoms with E-state index in [4.69, 9.17) is 14.2 Å². The standard InChI is InChI=1S/C53H98O5/c1-4-7-10-13-16-19-22-25-27-29-31-34-37-40-43-46-52(54)57-50-51(49-56-48-45-42-39-36-33-30-26-23-20-17-14-11-8-5-2)58-53(55)47-44-41-38-35-32-28-24-21-18-15-12-9-6-3/h11,14,20,23,25,27,51H,4-10,12-13,15-19,21-22,24,26,28-50H2,1-3H3/b14-11-,23-20-,27-25-. The molecule has 0 aliphatic heterocycles. The normalized spacial score (nSPS) is 12.4. The Kier molecular flexibility index (Phi) is 47.9. The van der Waals surface area contributed by atoms with Crippen molar-refractivity contribution < 1.29 is 23.8 Å². The van der Waals surface area contributed by atoms with Gasteiger partial charge in [0.1, 0.15) is 6.61 Å². The summed E-state index contributed by atoms with van der Waals surface area (Å²) >= 11 is 0. The van der Waals surface area contributed by atoms with E-state index in [9.17, 15) is 9.59 Å². The van der Waals surface area contributed by atoms with E-state index in [0.29, 0.717) is 19.4 Å². The molecule has 0 spiro atoms. The minimum absolute atomic E-state index is 0.0811. The first-order valence-corrected chi connectivity index (χ1v) is 25.5. The van der Waals surface area contributed by atoms with Crippen molar-refractivity contribution in [1.29, 1.82) is 0 Å². The van der Waals surface area contributed by atoms with Crippen LogP contribution in [0.15, 0.2) is 36.5 Å². The molecule has 0 bridgehead atoms. The molecule has 0 amide bonds. The summed E-state index contributed by atoms with van der Waals surface area (Å²) < 4.78 is 17.4. The molecule has 0 aromatic heterocycles. The number of carbonyl (C=O) groups is 2. The Balaban J connectivity index is 4.26. The third kappa shape index (κ3) is 46.8. The van der Waals surface area contributed by atoms with Crippen LogP contribution < -0.4 is 0 Å². The van der Waals surface area contributed by atoms with Gasteiger partial charge in [-0.3, -0.25) is 9.59 Å². The lowest BCUT2D eigenvalue weighted by Crippen LogP contribution is -2.30. The number of unbranched alkanes of at least 4 members (excludes halogenated alkanes) is 30. The van der Waals surface area contributed by atoms with Crippen LogP contribution in [0.4, 0.5) is 0 Å². The van der Waals surface area contributed by atoms with Crippen molar-refractivity contribution in [2.24, 2.45) is 0 Å². The van der Waals surface area contributed by atoms with Crippen molar-refractivity contribution >= 4 is 11.9 Å². The second-order valence-corrected chi connectivity index (χ2v) is 17.1. The second-order valence-electron chi connectivity index (χ2n) is 17.1. The maximum atomic E-state index is 12.8. The zero-order valence-electron chi connectivity index (χ0n) is 39.1. The Hall–Kier alpha value is -1.88. The summed E-state index contributed by atoms with van der Waals surface area (Å²) in [6.45, 7) is 7.76. The van der Waals surface area contributed by atoms with E-state index in [1.165, 1.54) is 173 Å². The highest BCUT2D eigenvalue weighted by molar-refractivity contribution is 5.70. The van der Waals surface area contributed by atoms with Gasteiger partial charge in [0.05, 0.1) is 6.61 Å². The van der Waals surface area contributed by atoms with E-state index in [-0.39, 0.29) is 25.2 Å². The van der Waals surface area contributed by atoms with E-state index in [1.54, 1.807) is 0 Å². The highest BCUT2D eigenvalue weighted by Gasteiger charge is 2.17. The molecule has 1 atom stereocenters. The minimum atomic E-state index is -0.539. The Labute approximate surface area is 361 Å². The summed E-state index contributed by atoms with van der Waals surface area (Å²) in [6.07, 6.45) is 58.6. The van der Waals surface area contributed by atoms with E-state index in [1.807, 2.05) is 0 Å². The fraction of sp³-hybridized carbons (Fsp3) is 0.849. The van der Waals surface area contributed by atoms with Gasteiger partial charge in [-0.05, 0) is 70.6 Å². The van der Waals surface area contributed by atoms with Gasteiger partial charge in [0.25, 0.3) is 0 Å². The van der Waals surface area contributed by atoms with Gasteiger partial charge in [-0.1, -0.05) is 218 Å². The van der Waals surface area contributed by atoms with Crippen LogP contribution in [0.25, 0.3) is 0 Å². The minimum Gasteiger partial charge on any atom is -0.462 e. The predicted molar refractivity (Wildman–Crippen MR) is 252 cm³/mol. The maximum absolute atomic E-state index is 12.8. The number of rotatable bonds is 47. The van der Waals surface area contributed by atoms with Crippen LogP contribution >= 0.6 is 0 Å². The maximum Gasteiger partial charge on any atom is 0.306 e. The van der Waals surface area contributed by atoms with Crippen LogP contribution in [0, 0.1) is 0 Å². The Morgan fingerprint density at radius 3 is 1.22 bits per heavy atom.